The third-order valence-corrected chi connectivity index (χ3v) is 5.14. The van der Waals surface area contributed by atoms with Crippen molar-refractivity contribution in [3.63, 3.8) is 0 Å². The quantitative estimate of drug-likeness (QED) is 0.511. The maximum Gasteiger partial charge on any atom is 0.185 e. The number of fused-ring (bicyclic) bond motifs is 1. The van der Waals surface area contributed by atoms with Gasteiger partial charge in [0, 0.05) is 28.4 Å². The van der Waals surface area contributed by atoms with E-state index in [9.17, 15) is 0 Å². The number of anilines is 2. The molecule has 1 aromatic carbocycles. The highest BCUT2D eigenvalue weighted by molar-refractivity contribution is 6.35. The highest BCUT2D eigenvalue weighted by Crippen LogP contribution is 2.26. The van der Waals surface area contributed by atoms with Gasteiger partial charge in [-0.15, -0.1) is 15.3 Å². The lowest BCUT2D eigenvalue weighted by Gasteiger charge is -2.08. The van der Waals surface area contributed by atoms with Crippen LogP contribution in [0.2, 0.25) is 10.0 Å². The Morgan fingerprint density at radius 3 is 2.79 bits per heavy atom. The van der Waals surface area contributed by atoms with E-state index >= 15 is 0 Å². The van der Waals surface area contributed by atoms with Crippen molar-refractivity contribution >= 4 is 40.4 Å². The third kappa shape index (κ3) is 3.91. The van der Waals surface area contributed by atoms with E-state index in [-0.39, 0.29) is 6.10 Å². The summed E-state index contributed by atoms with van der Waals surface area (Å²) in [5.74, 6) is 1.20. The van der Waals surface area contributed by atoms with Gasteiger partial charge in [0.1, 0.15) is 0 Å². The van der Waals surface area contributed by atoms with Gasteiger partial charge in [-0.05, 0) is 43.2 Å². The second-order valence-corrected chi connectivity index (χ2v) is 7.75. The Hall–Kier alpha value is -2.68. The number of ether oxygens (including phenoxy) is 1. The third-order valence-electron chi connectivity index (χ3n) is 4.70. The molecule has 4 heterocycles. The van der Waals surface area contributed by atoms with Gasteiger partial charge < -0.3 is 10.1 Å². The van der Waals surface area contributed by atoms with Crippen LogP contribution in [0.25, 0.3) is 17.0 Å². The van der Waals surface area contributed by atoms with Gasteiger partial charge >= 0.3 is 0 Å². The van der Waals surface area contributed by atoms with E-state index in [4.69, 9.17) is 27.9 Å². The summed E-state index contributed by atoms with van der Waals surface area (Å²) in [5.41, 5.74) is 2.20. The molecule has 4 aromatic rings. The van der Waals surface area contributed by atoms with E-state index in [1.807, 2.05) is 23.0 Å². The van der Waals surface area contributed by atoms with Crippen molar-refractivity contribution in [1.82, 2.24) is 29.6 Å². The molecule has 0 radical (unpaired) electrons. The first-order valence-electron chi connectivity index (χ1n) is 9.24. The van der Waals surface area contributed by atoms with Gasteiger partial charge in [0.05, 0.1) is 24.5 Å². The fourth-order valence-electron chi connectivity index (χ4n) is 3.39. The molecule has 5 rings (SSSR count). The highest BCUT2D eigenvalue weighted by Gasteiger charge is 2.16. The summed E-state index contributed by atoms with van der Waals surface area (Å²) in [7, 11) is 0. The molecule has 10 heteroatoms. The number of aromatic nitrogens is 6. The summed E-state index contributed by atoms with van der Waals surface area (Å²) < 4.78 is 9.20. The summed E-state index contributed by atoms with van der Waals surface area (Å²) in [5, 5.41) is 21.7. The number of halogens is 2. The van der Waals surface area contributed by atoms with Crippen LogP contribution in [-0.4, -0.2) is 42.3 Å². The molecule has 0 amide bonds. The number of nitrogens with one attached hydrogen (secondary N) is 1. The van der Waals surface area contributed by atoms with Crippen LogP contribution in [0.5, 0.6) is 0 Å². The van der Waals surface area contributed by atoms with E-state index in [0.717, 1.165) is 37.2 Å². The minimum absolute atomic E-state index is 0.237. The summed E-state index contributed by atoms with van der Waals surface area (Å²) in [6.45, 7) is 1.58. The van der Waals surface area contributed by atoms with Crippen LogP contribution in [0.15, 0.2) is 42.7 Å². The van der Waals surface area contributed by atoms with E-state index < -0.39 is 0 Å². The van der Waals surface area contributed by atoms with Crippen molar-refractivity contribution in [2.45, 2.75) is 25.5 Å². The summed E-state index contributed by atoms with van der Waals surface area (Å²) in [6.07, 6.45) is 6.13. The predicted octanol–water partition coefficient (Wildman–Crippen LogP) is 4.22. The Morgan fingerprint density at radius 2 is 2.00 bits per heavy atom. The molecule has 1 aliphatic heterocycles. The lowest BCUT2D eigenvalue weighted by Crippen LogP contribution is -2.15. The molecule has 0 spiro atoms. The maximum absolute atomic E-state index is 6.13. The molecule has 1 aliphatic rings. The normalized spacial score (nSPS) is 16.6. The first kappa shape index (κ1) is 18.4. The molecule has 0 saturated carbocycles. The zero-order valence-corrected chi connectivity index (χ0v) is 16.8. The molecule has 148 valence electrons. The topological polar surface area (TPSA) is 82.2 Å². The maximum atomic E-state index is 6.13. The van der Waals surface area contributed by atoms with Gasteiger partial charge in [0.25, 0.3) is 0 Å². The largest absolute Gasteiger partial charge is 0.376 e. The van der Waals surface area contributed by atoms with Crippen LogP contribution >= 0.6 is 23.2 Å². The average Bonchev–Trinajstić information content (AvgIpc) is 3.42. The fraction of sp³-hybridized carbons (Fsp3) is 0.263. The van der Waals surface area contributed by atoms with Crippen molar-refractivity contribution in [3.05, 3.63) is 52.8 Å². The van der Waals surface area contributed by atoms with E-state index in [1.165, 1.54) is 0 Å². The molecule has 1 unspecified atom stereocenters. The first-order valence-corrected chi connectivity index (χ1v) is 10.00. The average molecular weight is 430 g/mol. The SMILES string of the molecule is Clc1cc(Cl)cc(-c2nnc3ccc(Nc4cnn(CC5CCCO5)c4)nn23)c1. The van der Waals surface area contributed by atoms with Crippen LogP contribution in [0.3, 0.4) is 0 Å². The Morgan fingerprint density at radius 1 is 1.14 bits per heavy atom. The summed E-state index contributed by atoms with van der Waals surface area (Å²) in [4.78, 5) is 0. The van der Waals surface area contributed by atoms with Crippen LogP contribution in [0.1, 0.15) is 12.8 Å². The number of rotatable bonds is 5. The van der Waals surface area contributed by atoms with Crippen LogP contribution in [0.4, 0.5) is 11.5 Å². The van der Waals surface area contributed by atoms with Gasteiger partial charge in [-0.2, -0.15) is 9.61 Å². The second kappa shape index (κ2) is 7.62. The molecule has 8 nitrogen and oxygen atoms in total. The van der Waals surface area contributed by atoms with E-state index in [0.29, 0.717) is 27.3 Å². The Kier molecular flexibility index (Phi) is 4.83. The molecule has 0 aliphatic carbocycles. The summed E-state index contributed by atoms with van der Waals surface area (Å²) >= 11 is 12.3. The van der Waals surface area contributed by atoms with Gasteiger partial charge in [-0.25, -0.2) is 0 Å². The van der Waals surface area contributed by atoms with Crippen molar-refractivity contribution < 1.29 is 4.74 Å². The lowest BCUT2D eigenvalue weighted by molar-refractivity contribution is 0.0940. The highest BCUT2D eigenvalue weighted by atomic mass is 35.5. The predicted molar refractivity (Wildman–Crippen MR) is 111 cm³/mol. The Labute approximate surface area is 176 Å². The molecule has 3 aromatic heterocycles. The molecular weight excluding hydrogens is 413 g/mol. The molecule has 1 fully saturated rings. The lowest BCUT2D eigenvalue weighted by atomic mass is 10.2. The van der Waals surface area contributed by atoms with Crippen LogP contribution < -0.4 is 5.32 Å². The Bertz CT molecular complexity index is 1150. The summed E-state index contributed by atoms with van der Waals surface area (Å²) in [6, 6.07) is 8.91. The van der Waals surface area contributed by atoms with Crippen LogP contribution in [-0.2, 0) is 11.3 Å². The van der Waals surface area contributed by atoms with Crippen molar-refractivity contribution in [2.75, 3.05) is 11.9 Å². The van der Waals surface area contributed by atoms with Crippen LogP contribution in [0, 0.1) is 0 Å². The molecule has 1 saturated heterocycles. The van der Waals surface area contributed by atoms with E-state index in [2.05, 4.69) is 25.7 Å². The molecule has 0 bridgehead atoms. The second-order valence-electron chi connectivity index (χ2n) is 6.88. The van der Waals surface area contributed by atoms with Gasteiger partial charge in [-0.3, -0.25) is 4.68 Å². The van der Waals surface area contributed by atoms with E-state index in [1.54, 1.807) is 28.9 Å². The number of hydrogen-bond acceptors (Lipinski definition) is 6. The van der Waals surface area contributed by atoms with Gasteiger partial charge in [0.15, 0.2) is 17.3 Å². The zero-order valence-electron chi connectivity index (χ0n) is 15.3. The number of benzene rings is 1. The minimum Gasteiger partial charge on any atom is -0.376 e. The van der Waals surface area contributed by atoms with Crippen molar-refractivity contribution in [3.8, 4) is 11.4 Å². The van der Waals surface area contributed by atoms with Gasteiger partial charge in [-0.1, -0.05) is 23.2 Å². The number of hydrogen-bond donors (Lipinski definition) is 1. The Balaban J connectivity index is 1.40. The van der Waals surface area contributed by atoms with Gasteiger partial charge in [0.2, 0.25) is 0 Å². The molecule has 1 atom stereocenters. The molecule has 29 heavy (non-hydrogen) atoms. The van der Waals surface area contributed by atoms with Crippen molar-refractivity contribution in [2.24, 2.45) is 0 Å². The number of nitrogens with zero attached hydrogens (tertiary/aromatic N) is 6. The first-order chi connectivity index (χ1) is 14.1. The molecular formula is C19H17Cl2N7O. The standard InChI is InChI=1S/C19H17Cl2N7O/c20-13-6-12(7-14(21)8-13)19-25-24-18-4-3-17(26-28(18)19)23-15-9-22-27(10-15)11-16-2-1-5-29-16/h3-4,6-10,16H,1-2,5,11H2,(H,23,26). The van der Waals surface area contributed by atoms with Crippen molar-refractivity contribution in [1.29, 1.82) is 0 Å². The smallest absolute Gasteiger partial charge is 0.185 e. The monoisotopic (exact) mass is 429 g/mol. The fourth-order valence-corrected chi connectivity index (χ4v) is 3.92. The molecule has 1 N–H and O–H groups in total. The zero-order chi connectivity index (χ0) is 19.8. The minimum atomic E-state index is 0.237.